The zero-order chi connectivity index (χ0) is 19.8. The third-order valence-corrected chi connectivity index (χ3v) is 5.64. The summed E-state index contributed by atoms with van der Waals surface area (Å²) < 4.78 is 71.6. The van der Waals surface area contributed by atoms with Gasteiger partial charge in [-0.15, -0.1) is 0 Å². The standard InChI is InChI=1S/C15H10Cl2F3N3O3S/c16-8-2-1-7-11(6-21-13(7)12(8)17)27(24,25)23-15-9(19)5-10(14(20)22-15)26-4-3-18/h1-2,5-6,21H,3-4H2,(H,22,23). The number of H-pyrrole nitrogens is 1. The van der Waals surface area contributed by atoms with Crippen LogP contribution < -0.4 is 9.46 Å². The maximum Gasteiger partial charge on any atom is 0.265 e. The molecule has 0 saturated carbocycles. The third-order valence-electron chi connectivity index (χ3n) is 3.46. The van der Waals surface area contributed by atoms with Crippen LogP contribution in [-0.4, -0.2) is 31.7 Å². The lowest BCUT2D eigenvalue weighted by Crippen LogP contribution is -2.16. The van der Waals surface area contributed by atoms with Crippen LogP contribution in [0.15, 0.2) is 29.3 Å². The number of pyridine rings is 1. The van der Waals surface area contributed by atoms with Gasteiger partial charge in [0.05, 0.1) is 15.6 Å². The summed E-state index contributed by atoms with van der Waals surface area (Å²) in [6.07, 6.45) is 1.13. The van der Waals surface area contributed by atoms with Gasteiger partial charge in [-0.2, -0.15) is 9.37 Å². The van der Waals surface area contributed by atoms with Gasteiger partial charge < -0.3 is 9.72 Å². The number of nitrogens with one attached hydrogen (secondary N) is 2. The Kier molecular flexibility index (Phi) is 5.41. The van der Waals surface area contributed by atoms with E-state index in [-0.39, 0.29) is 25.8 Å². The van der Waals surface area contributed by atoms with Gasteiger partial charge >= 0.3 is 0 Å². The number of fused-ring (bicyclic) bond motifs is 1. The molecule has 0 radical (unpaired) electrons. The number of nitrogens with zero attached hydrogens (tertiary/aromatic N) is 1. The van der Waals surface area contributed by atoms with E-state index in [0.29, 0.717) is 6.07 Å². The van der Waals surface area contributed by atoms with Crippen molar-refractivity contribution in [2.45, 2.75) is 4.90 Å². The summed E-state index contributed by atoms with van der Waals surface area (Å²) in [4.78, 5) is 5.60. The molecule has 0 spiro atoms. The van der Waals surface area contributed by atoms with Crippen molar-refractivity contribution in [3.05, 3.63) is 46.2 Å². The van der Waals surface area contributed by atoms with Crippen LogP contribution in [0.2, 0.25) is 10.0 Å². The topological polar surface area (TPSA) is 84.1 Å². The van der Waals surface area contributed by atoms with E-state index < -0.39 is 46.6 Å². The smallest absolute Gasteiger partial charge is 0.265 e. The number of aromatic amines is 1. The van der Waals surface area contributed by atoms with Crippen LogP contribution in [0, 0.1) is 11.8 Å². The van der Waals surface area contributed by atoms with Gasteiger partial charge in [0.2, 0.25) is 0 Å². The molecule has 0 aliphatic heterocycles. The van der Waals surface area contributed by atoms with Crippen LogP contribution in [0.1, 0.15) is 0 Å². The maximum atomic E-state index is 14.1. The van der Waals surface area contributed by atoms with Gasteiger partial charge in [-0.1, -0.05) is 23.2 Å². The van der Waals surface area contributed by atoms with E-state index >= 15 is 0 Å². The summed E-state index contributed by atoms with van der Waals surface area (Å²) in [5, 5.41) is 0.516. The summed E-state index contributed by atoms with van der Waals surface area (Å²) in [6, 6.07) is 3.38. The minimum atomic E-state index is -4.35. The van der Waals surface area contributed by atoms with Crippen LogP contribution in [0.3, 0.4) is 0 Å². The number of ether oxygens (including phenoxy) is 1. The molecule has 0 fully saturated rings. The van der Waals surface area contributed by atoms with Gasteiger partial charge in [-0.3, -0.25) is 4.72 Å². The second-order valence-electron chi connectivity index (χ2n) is 5.19. The van der Waals surface area contributed by atoms with Crippen molar-refractivity contribution >= 4 is 49.9 Å². The van der Waals surface area contributed by atoms with Gasteiger partial charge in [-0.25, -0.2) is 17.2 Å². The van der Waals surface area contributed by atoms with Crippen molar-refractivity contribution < 1.29 is 26.3 Å². The first-order valence-electron chi connectivity index (χ1n) is 7.27. The summed E-state index contributed by atoms with van der Waals surface area (Å²) in [5.74, 6) is -4.01. The molecular formula is C15H10Cl2F3N3O3S. The number of halogens is 5. The molecule has 2 heterocycles. The van der Waals surface area contributed by atoms with Gasteiger partial charge in [0, 0.05) is 17.6 Å². The second kappa shape index (κ2) is 7.45. The number of sulfonamides is 1. The van der Waals surface area contributed by atoms with Crippen LogP contribution in [-0.2, 0) is 10.0 Å². The predicted molar refractivity (Wildman–Crippen MR) is 94.8 cm³/mol. The van der Waals surface area contributed by atoms with Crippen molar-refractivity contribution in [1.29, 1.82) is 0 Å². The Labute approximate surface area is 161 Å². The zero-order valence-corrected chi connectivity index (χ0v) is 15.5. The lowest BCUT2D eigenvalue weighted by molar-refractivity contribution is 0.258. The van der Waals surface area contributed by atoms with Crippen LogP contribution >= 0.6 is 23.2 Å². The summed E-state index contributed by atoms with van der Waals surface area (Å²) in [5.41, 5.74) is 0.263. The molecule has 0 saturated heterocycles. The van der Waals surface area contributed by atoms with E-state index in [1.54, 1.807) is 0 Å². The van der Waals surface area contributed by atoms with E-state index in [0.717, 1.165) is 6.20 Å². The molecule has 3 aromatic rings. The third kappa shape index (κ3) is 3.78. The zero-order valence-electron chi connectivity index (χ0n) is 13.2. The lowest BCUT2D eigenvalue weighted by Gasteiger charge is -2.10. The molecule has 0 bridgehead atoms. The van der Waals surface area contributed by atoms with Crippen LogP contribution in [0.4, 0.5) is 19.0 Å². The Morgan fingerprint density at radius 3 is 2.70 bits per heavy atom. The van der Waals surface area contributed by atoms with E-state index in [2.05, 4.69) is 14.7 Å². The van der Waals surface area contributed by atoms with Crippen molar-refractivity contribution in [2.75, 3.05) is 18.0 Å². The van der Waals surface area contributed by atoms with E-state index in [4.69, 9.17) is 23.2 Å². The lowest BCUT2D eigenvalue weighted by atomic mass is 10.2. The Hall–Kier alpha value is -2.17. The molecule has 12 heteroatoms. The number of anilines is 1. The number of aromatic nitrogens is 2. The summed E-state index contributed by atoms with van der Waals surface area (Å²) in [6.45, 7) is -1.41. The Morgan fingerprint density at radius 1 is 1.26 bits per heavy atom. The minimum Gasteiger partial charge on any atom is -0.486 e. The molecule has 6 nitrogen and oxygen atoms in total. The highest BCUT2D eigenvalue weighted by Gasteiger charge is 2.24. The number of hydrogen-bond acceptors (Lipinski definition) is 4. The van der Waals surface area contributed by atoms with Gasteiger partial charge in [0.25, 0.3) is 16.0 Å². The van der Waals surface area contributed by atoms with Crippen molar-refractivity contribution in [3.8, 4) is 5.75 Å². The first-order chi connectivity index (χ1) is 12.7. The molecule has 2 N–H and O–H groups in total. The van der Waals surface area contributed by atoms with Crippen molar-refractivity contribution in [1.82, 2.24) is 9.97 Å². The molecule has 0 aliphatic rings. The Bertz CT molecular complexity index is 1120. The van der Waals surface area contributed by atoms with Gasteiger partial charge in [0.1, 0.15) is 18.2 Å². The number of hydrogen-bond donors (Lipinski definition) is 2. The first-order valence-corrected chi connectivity index (χ1v) is 9.51. The largest absolute Gasteiger partial charge is 0.486 e. The molecule has 2 aromatic heterocycles. The van der Waals surface area contributed by atoms with E-state index in [1.165, 1.54) is 12.1 Å². The monoisotopic (exact) mass is 439 g/mol. The van der Waals surface area contributed by atoms with E-state index in [9.17, 15) is 21.6 Å². The van der Waals surface area contributed by atoms with Crippen LogP contribution in [0.5, 0.6) is 5.75 Å². The highest BCUT2D eigenvalue weighted by Crippen LogP contribution is 2.34. The average Bonchev–Trinajstić information content (AvgIpc) is 3.05. The first kappa shape index (κ1) is 19.6. The molecule has 3 rings (SSSR count). The summed E-state index contributed by atoms with van der Waals surface area (Å²) >= 11 is 11.9. The fourth-order valence-electron chi connectivity index (χ4n) is 2.29. The molecule has 27 heavy (non-hydrogen) atoms. The molecule has 0 amide bonds. The Balaban J connectivity index is 1.98. The molecule has 1 aromatic carbocycles. The predicted octanol–water partition coefficient (Wildman–Crippen LogP) is 4.30. The quantitative estimate of drug-likeness (QED) is 0.560. The Morgan fingerprint density at radius 2 is 2.00 bits per heavy atom. The minimum absolute atomic E-state index is 0.111. The highest BCUT2D eigenvalue weighted by molar-refractivity contribution is 7.93. The normalized spacial score (nSPS) is 11.7. The number of benzene rings is 1. The molecule has 0 unspecified atom stereocenters. The number of alkyl halides is 1. The highest BCUT2D eigenvalue weighted by atomic mass is 35.5. The van der Waals surface area contributed by atoms with Crippen molar-refractivity contribution in [2.24, 2.45) is 0 Å². The van der Waals surface area contributed by atoms with E-state index in [1.807, 2.05) is 4.72 Å². The average molecular weight is 440 g/mol. The van der Waals surface area contributed by atoms with Crippen molar-refractivity contribution in [3.63, 3.8) is 0 Å². The van der Waals surface area contributed by atoms with Gasteiger partial charge in [-0.05, 0) is 12.1 Å². The molecule has 144 valence electrons. The second-order valence-corrected chi connectivity index (χ2v) is 7.62. The fourth-order valence-corrected chi connectivity index (χ4v) is 3.85. The fraction of sp³-hybridized carbons (Fsp3) is 0.133. The van der Waals surface area contributed by atoms with Crippen LogP contribution in [0.25, 0.3) is 10.9 Å². The maximum absolute atomic E-state index is 14.1. The number of rotatable bonds is 6. The molecular weight excluding hydrogens is 430 g/mol. The van der Waals surface area contributed by atoms with Gasteiger partial charge in [0.15, 0.2) is 17.4 Å². The molecule has 0 aliphatic carbocycles. The molecule has 0 atom stereocenters. The summed E-state index contributed by atoms with van der Waals surface area (Å²) in [7, 11) is -4.35. The SMILES string of the molecule is O=S(=O)(Nc1nc(F)c(OCCF)cc1F)c1c[nH]c2c(Cl)c(Cl)ccc12.